The molecule has 0 aromatic carbocycles. The number of aromatic nitrogens is 10. The maximum absolute atomic E-state index is 14.0. The van der Waals surface area contributed by atoms with Crippen molar-refractivity contribution in [1.29, 1.82) is 0 Å². The van der Waals surface area contributed by atoms with E-state index in [4.69, 9.17) is 8.92 Å². The summed E-state index contributed by atoms with van der Waals surface area (Å²) in [4.78, 5) is 53.0. The average Bonchev–Trinajstić information content (AvgIpc) is 3.63. The van der Waals surface area contributed by atoms with Gasteiger partial charge in [-0.2, -0.15) is 4.39 Å². The van der Waals surface area contributed by atoms with Crippen LogP contribution in [0.5, 0.6) is 0 Å². The number of nitrogens with zero attached hydrogens (tertiary/aromatic N) is 8. The number of aromatic amines is 2. The number of hydrogen-bond donors (Lipinski definition) is 4. The molecule has 1 unspecified atom stereocenters. The molecule has 19 heteroatoms. The minimum absolute atomic E-state index is 0.319. The van der Waals surface area contributed by atoms with E-state index in [1.807, 2.05) is 4.98 Å². The molecule has 1 aliphatic rings. The normalized spacial score (nSPS) is 22.4. The minimum atomic E-state index is -1.53. The number of hydrogen-bond acceptors (Lipinski definition) is 14. The van der Waals surface area contributed by atoms with E-state index in [1.165, 1.54) is 36.1 Å². The summed E-state index contributed by atoms with van der Waals surface area (Å²) in [5.41, 5.74) is -1.78. The zero-order chi connectivity index (χ0) is 26.4. The van der Waals surface area contributed by atoms with Crippen LogP contribution in [0, 0.1) is 5.82 Å². The van der Waals surface area contributed by atoms with Gasteiger partial charge in [0.05, 0.1) is 37.1 Å². The van der Waals surface area contributed by atoms with Gasteiger partial charge in [-0.25, -0.2) is 38.7 Å². The number of ether oxygens (including phenoxy) is 1. The van der Waals surface area contributed by atoms with Crippen molar-refractivity contribution in [2.24, 2.45) is 0 Å². The number of aliphatic hydroxyl groups excluding tert-OH is 2. The summed E-state index contributed by atoms with van der Waals surface area (Å²) in [7, 11) is 0. The molecule has 5 atom stereocenters. The fourth-order valence-electron chi connectivity index (χ4n) is 3.77. The second kappa shape index (κ2) is 9.85. The Morgan fingerprint density at radius 3 is 2.87 bits per heavy atom. The number of H-pyrrole nitrogens is 2. The Kier molecular flexibility index (Phi) is 6.37. The predicted molar refractivity (Wildman–Crippen MR) is 128 cm³/mol. The molecular weight excluding hydrogens is 547 g/mol. The number of aliphatic hydroxyl groups is 2. The van der Waals surface area contributed by atoms with E-state index in [0.717, 1.165) is 16.0 Å². The van der Waals surface area contributed by atoms with Gasteiger partial charge in [0.1, 0.15) is 42.0 Å². The summed E-state index contributed by atoms with van der Waals surface area (Å²) < 4.78 is 28.1. The Hall–Kier alpha value is -3.75. The summed E-state index contributed by atoms with van der Waals surface area (Å²) in [6.45, 7) is 0. The Morgan fingerprint density at radius 1 is 1.13 bits per heavy atom. The van der Waals surface area contributed by atoms with Gasteiger partial charge in [-0.15, -0.1) is 0 Å². The monoisotopic (exact) mass is 562 g/mol. The molecule has 0 saturated carbocycles. The third kappa shape index (κ3) is 4.33. The molecule has 6 rings (SSSR count). The van der Waals surface area contributed by atoms with E-state index in [9.17, 15) is 24.2 Å². The summed E-state index contributed by atoms with van der Waals surface area (Å²) in [6.07, 6.45) is 2.10. The van der Waals surface area contributed by atoms with Gasteiger partial charge in [-0.1, -0.05) is 0 Å². The molecule has 0 amide bonds. The van der Waals surface area contributed by atoms with Gasteiger partial charge in [0.2, 0.25) is 5.82 Å². The van der Waals surface area contributed by atoms with Crippen molar-refractivity contribution >= 4 is 46.3 Å². The highest BCUT2D eigenvalue weighted by atomic mass is 32.2. The van der Waals surface area contributed by atoms with Gasteiger partial charge in [0.15, 0.2) is 28.0 Å². The van der Waals surface area contributed by atoms with Crippen LogP contribution in [0.3, 0.4) is 0 Å². The van der Waals surface area contributed by atoms with E-state index in [0.29, 0.717) is 45.5 Å². The molecule has 6 heterocycles. The van der Waals surface area contributed by atoms with Crippen LogP contribution in [0.15, 0.2) is 52.3 Å². The maximum Gasteiger partial charge on any atom is 0.338 e. The zero-order valence-electron chi connectivity index (χ0n) is 18.7. The molecule has 0 radical (unpaired) electrons. The first-order valence-electron chi connectivity index (χ1n) is 10.7. The lowest BCUT2D eigenvalue weighted by molar-refractivity contribution is -0.0521. The van der Waals surface area contributed by atoms with E-state index >= 15 is 0 Å². The second-order valence-electron chi connectivity index (χ2n) is 7.85. The molecule has 0 aliphatic carbocycles. The highest BCUT2D eigenvalue weighted by Crippen LogP contribution is 2.39. The molecule has 0 bridgehead atoms. The molecule has 1 aliphatic heterocycles. The minimum Gasteiger partial charge on any atom is -0.387 e. The topological polar surface area (TPSA) is 212 Å². The van der Waals surface area contributed by atoms with Crippen LogP contribution in [0.4, 0.5) is 4.39 Å². The summed E-state index contributed by atoms with van der Waals surface area (Å²) in [5, 5.41) is 22.1. The standard InChI is InChI=1S/C19H15FN10O6S2/c20-7-2-30(19(34)28-15(7)33)37-18(36-38-16-9-13(23-4-22-9)24-5-26-16)12-10(31)11(32)17(35-12)29-6-27-8-1-21-3-25-14(8)29/h1-6,10-12,17-18,31-32H,(H,28,33,34)(H,22,23,24,26)/t10-,11+,12-,17+,18?/m0/s1. The smallest absolute Gasteiger partial charge is 0.338 e. The highest BCUT2D eigenvalue weighted by molar-refractivity contribution is 8.00. The number of nitrogens with one attached hydrogen (secondary N) is 2. The van der Waals surface area contributed by atoms with Crippen molar-refractivity contribution < 1.29 is 23.5 Å². The van der Waals surface area contributed by atoms with E-state index in [1.54, 1.807) is 0 Å². The molecular formula is C19H15FN10O6S2. The maximum atomic E-state index is 14.0. The third-order valence-corrected chi connectivity index (χ3v) is 7.52. The molecule has 38 heavy (non-hydrogen) atoms. The van der Waals surface area contributed by atoms with Crippen molar-refractivity contribution in [2.45, 2.75) is 35.0 Å². The van der Waals surface area contributed by atoms with Crippen LogP contribution in [-0.2, 0) is 8.92 Å². The average molecular weight is 563 g/mol. The largest absolute Gasteiger partial charge is 0.387 e. The number of fused-ring (bicyclic) bond motifs is 2. The summed E-state index contributed by atoms with van der Waals surface area (Å²) in [5.74, 6) is -1.21. The third-order valence-electron chi connectivity index (χ3n) is 5.55. The molecule has 0 spiro atoms. The SMILES string of the molecule is O=c1[nH]c(=O)n(SC(OSc2ncnc3nc[nH]c23)[C@H]2O[C@@H](n3cnc4cncnc43)[C@H](O)[C@@H]2O)cc1F. The Morgan fingerprint density at radius 2 is 2.00 bits per heavy atom. The molecule has 1 saturated heterocycles. The Balaban J connectivity index is 1.33. The van der Waals surface area contributed by atoms with Crippen LogP contribution in [0.1, 0.15) is 6.23 Å². The van der Waals surface area contributed by atoms with Crippen LogP contribution in [0.2, 0.25) is 0 Å². The molecule has 5 aromatic rings. The molecule has 16 nitrogen and oxygen atoms in total. The second-order valence-corrected chi connectivity index (χ2v) is 9.67. The first kappa shape index (κ1) is 24.6. The van der Waals surface area contributed by atoms with Gasteiger partial charge in [0, 0.05) is 0 Å². The van der Waals surface area contributed by atoms with Crippen molar-refractivity contribution in [2.75, 3.05) is 0 Å². The van der Waals surface area contributed by atoms with Gasteiger partial charge in [-0.3, -0.25) is 18.5 Å². The molecule has 196 valence electrons. The number of rotatable bonds is 7. The molecule has 1 fully saturated rings. The van der Waals surface area contributed by atoms with E-state index < -0.39 is 47.0 Å². The van der Waals surface area contributed by atoms with Crippen molar-refractivity contribution in [3.63, 3.8) is 0 Å². The fourth-order valence-corrected chi connectivity index (χ4v) is 5.51. The Bertz CT molecular complexity index is 1740. The lowest BCUT2D eigenvalue weighted by Crippen LogP contribution is -2.39. The summed E-state index contributed by atoms with van der Waals surface area (Å²) >= 11 is 1.36. The highest BCUT2D eigenvalue weighted by Gasteiger charge is 2.49. The van der Waals surface area contributed by atoms with Crippen LogP contribution < -0.4 is 11.2 Å². The first-order valence-corrected chi connectivity index (χ1v) is 12.3. The van der Waals surface area contributed by atoms with Crippen molar-refractivity contribution in [1.82, 2.24) is 48.4 Å². The van der Waals surface area contributed by atoms with Crippen LogP contribution >= 0.6 is 24.0 Å². The Labute approximate surface area is 217 Å². The quantitative estimate of drug-likeness (QED) is 0.110. The van der Waals surface area contributed by atoms with Gasteiger partial charge in [0.25, 0.3) is 5.56 Å². The van der Waals surface area contributed by atoms with Crippen LogP contribution in [-0.4, -0.2) is 82.4 Å². The van der Waals surface area contributed by atoms with Gasteiger partial charge >= 0.3 is 5.69 Å². The lowest BCUT2D eigenvalue weighted by Gasteiger charge is -2.24. The zero-order valence-corrected chi connectivity index (χ0v) is 20.3. The van der Waals surface area contributed by atoms with Crippen molar-refractivity contribution in [3.05, 3.63) is 64.4 Å². The first-order chi connectivity index (χ1) is 18.4. The van der Waals surface area contributed by atoms with E-state index in [-0.39, 0.29) is 0 Å². The lowest BCUT2D eigenvalue weighted by atomic mass is 10.1. The summed E-state index contributed by atoms with van der Waals surface area (Å²) in [6, 6.07) is 0. The van der Waals surface area contributed by atoms with E-state index in [2.05, 4.69) is 34.9 Å². The number of halogens is 1. The molecule has 5 aromatic heterocycles. The van der Waals surface area contributed by atoms with Gasteiger partial charge in [-0.05, 0) is 11.9 Å². The number of imidazole rings is 2. The predicted octanol–water partition coefficient (Wildman–Crippen LogP) is -0.653. The van der Waals surface area contributed by atoms with Crippen LogP contribution in [0.25, 0.3) is 22.3 Å². The molecule has 4 N–H and O–H groups in total. The fraction of sp³-hybridized carbons (Fsp3) is 0.263. The van der Waals surface area contributed by atoms with Crippen molar-refractivity contribution in [3.8, 4) is 0 Å². The van der Waals surface area contributed by atoms with Gasteiger partial charge < -0.3 is 19.9 Å².